The van der Waals surface area contributed by atoms with Crippen LogP contribution in [0.25, 0.3) is 0 Å². The molecule has 26 heavy (non-hydrogen) atoms. The largest absolute Gasteiger partial charge is 0.342 e. The molecule has 0 spiro atoms. The number of Topliss-reactive ketones (excluding diaryl/α,β-unsaturated/α-hetero) is 2. The third-order valence-electron chi connectivity index (χ3n) is 4.93. The van der Waals surface area contributed by atoms with Crippen molar-refractivity contribution in [3.8, 4) is 0 Å². The van der Waals surface area contributed by atoms with Gasteiger partial charge in [0.15, 0.2) is 0 Å². The Morgan fingerprint density at radius 2 is 1.38 bits per heavy atom. The molecule has 0 bridgehead atoms. The van der Waals surface area contributed by atoms with Crippen molar-refractivity contribution in [1.29, 1.82) is 0 Å². The molecule has 1 saturated heterocycles. The van der Waals surface area contributed by atoms with Crippen molar-refractivity contribution in [2.45, 2.75) is 98.8 Å². The maximum absolute atomic E-state index is 12.6. The van der Waals surface area contributed by atoms with Crippen molar-refractivity contribution in [3.05, 3.63) is 0 Å². The number of ketones is 2. The molecule has 0 atom stereocenters. The fraction of sp³-hybridized carbons (Fsp3) is 0.864. The molecule has 152 valence electrons. The van der Waals surface area contributed by atoms with Crippen LogP contribution in [0.5, 0.6) is 0 Å². The van der Waals surface area contributed by atoms with Gasteiger partial charge in [0.05, 0.1) is 0 Å². The summed E-state index contributed by atoms with van der Waals surface area (Å²) in [5, 5.41) is 0. The summed E-state index contributed by atoms with van der Waals surface area (Å²) in [6.07, 6.45) is 8.04. The molecule has 0 radical (unpaired) electrons. The monoisotopic (exact) mass is 367 g/mol. The van der Waals surface area contributed by atoms with Crippen LogP contribution in [-0.4, -0.2) is 35.5 Å². The first-order chi connectivity index (χ1) is 12.4. The van der Waals surface area contributed by atoms with Crippen molar-refractivity contribution >= 4 is 17.5 Å². The predicted molar refractivity (Wildman–Crippen MR) is 108 cm³/mol. The van der Waals surface area contributed by atoms with Crippen LogP contribution in [0, 0.1) is 11.8 Å². The molecule has 0 aromatic rings. The van der Waals surface area contributed by atoms with Gasteiger partial charge in [0.1, 0.15) is 11.6 Å². The van der Waals surface area contributed by atoms with E-state index in [4.69, 9.17) is 0 Å². The molecule has 0 aromatic carbocycles. The van der Waals surface area contributed by atoms with Crippen molar-refractivity contribution in [1.82, 2.24) is 4.90 Å². The minimum Gasteiger partial charge on any atom is -0.342 e. The Balaban J connectivity index is 0.00000194. The summed E-state index contributed by atoms with van der Waals surface area (Å²) < 4.78 is 0. The molecule has 1 heterocycles. The number of hydrogen-bond acceptors (Lipinski definition) is 3. The van der Waals surface area contributed by atoms with Gasteiger partial charge in [0.2, 0.25) is 5.91 Å². The van der Waals surface area contributed by atoms with Crippen LogP contribution in [0.4, 0.5) is 0 Å². The first kappa shape index (κ1) is 24.8. The molecule has 4 heteroatoms. The molecule has 1 aliphatic heterocycles. The Morgan fingerprint density at radius 3 is 1.81 bits per heavy atom. The van der Waals surface area contributed by atoms with Gasteiger partial charge in [-0.15, -0.1) is 0 Å². The van der Waals surface area contributed by atoms with Crippen molar-refractivity contribution in [2.24, 2.45) is 11.8 Å². The minimum atomic E-state index is 0.0412. The zero-order chi connectivity index (χ0) is 19.9. The van der Waals surface area contributed by atoms with E-state index in [1.54, 1.807) is 0 Å². The molecular weight excluding hydrogens is 326 g/mol. The lowest BCUT2D eigenvalue weighted by Crippen LogP contribution is -2.43. The highest BCUT2D eigenvalue weighted by Gasteiger charge is 2.29. The standard InChI is InChI=1S/C19H33NO3.C3H8/c1-4-7-16(8-5-2)19(23)20-13-11-15(12-14-20)18(22)10-9-17(21)6-3;1-3-2/h15-16H,4-14H2,1-3H3;3H2,1-2H3. The van der Waals surface area contributed by atoms with Crippen LogP contribution in [-0.2, 0) is 14.4 Å². The Kier molecular flexibility index (Phi) is 14.2. The van der Waals surface area contributed by atoms with Crippen molar-refractivity contribution in [2.75, 3.05) is 13.1 Å². The quantitative estimate of drug-likeness (QED) is 0.534. The highest BCUT2D eigenvalue weighted by Crippen LogP contribution is 2.24. The number of hydrogen-bond donors (Lipinski definition) is 0. The molecule has 1 aliphatic rings. The Bertz CT molecular complexity index is 406. The summed E-state index contributed by atoms with van der Waals surface area (Å²) in [7, 11) is 0. The molecule has 1 amide bonds. The van der Waals surface area contributed by atoms with Crippen LogP contribution in [0.3, 0.4) is 0 Å². The van der Waals surface area contributed by atoms with E-state index in [0.717, 1.165) is 38.5 Å². The van der Waals surface area contributed by atoms with Crippen LogP contribution in [0.15, 0.2) is 0 Å². The van der Waals surface area contributed by atoms with E-state index in [2.05, 4.69) is 27.7 Å². The summed E-state index contributed by atoms with van der Waals surface area (Å²) in [5.74, 6) is 0.838. The number of likely N-dealkylation sites (tertiary alicyclic amines) is 1. The molecule has 0 unspecified atom stereocenters. The lowest BCUT2D eigenvalue weighted by molar-refractivity contribution is -0.139. The van der Waals surface area contributed by atoms with Gasteiger partial charge in [0, 0.05) is 44.2 Å². The molecule has 0 N–H and O–H groups in total. The van der Waals surface area contributed by atoms with Gasteiger partial charge in [-0.25, -0.2) is 0 Å². The maximum atomic E-state index is 12.6. The van der Waals surface area contributed by atoms with E-state index >= 15 is 0 Å². The van der Waals surface area contributed by atoms with Gasteiger partial charge < -0.3 is 4.90 Å². The zero-order valence-electron chi connectivity index (χ0n) is 17.8. The smallest absolute Gasteiger partial charge is 0.225 e. The SMILES string of the molecule is CCC.CCCC(CCC)C(=O)N1CCC(C(=O)CCC(=O)CC)CC1. The Morgan fingerprint density at radius 1 is 0.885 bits per heavy atom. The highest BCUT2D eigenvalue weighted by molar-refractivity contribution is 5.87. The minimum absolute atomic E-state index is 0.0412. The van der Waals surface area contributed by atoms with E-state index in [9.17, 15) is 14.4 Å². The third kappa shape index (κ3) is 9.49. The van der Waals surface area contributed by atoms with Crippen LogP contribution < -0.4 is 0 Å². The number of carbonyl (C=O) groups excluding carboxylic acids is 3. The third-order valence-corrected chi connectivity index (χ3v) is 4.93. The fourth-order valence-corrected chi connectivity index (χ4v) is 3.41. The van der Waals surface area contributed by atoms with Gasteiger partial charge in [-0.1, -0.05) is 53.9 Å². The zero-order valence-corrected chi connectivity index (χ0v) is 17.8. The molecule has 0 saturated carbocycles. The normalized spacial score (nSPS) is 14.8. The average Bonchev–Trinajstić information content (AvgIpc) is 2.65. The molecule has 0 aliphatic carbocycles. The first-order valence-electron chi connectivity index (χ1n) is 10.8. The van der Waals surface area contributed by atoms with Gasteiger partial charge in [-0.05, 0) is 25.7 Å². The van der Waals surface area contributed by atoms with Crippen molar-refractivity contribution in [3.63, 3.8) is 0 Å². The predicted octanol–water partition coefficient (Wildman–Crippen LogP) is 5.19. The van der Waals surface area contributed by atoms with Crippen LogP contribution >= 0.6 is 0 Å². The topological polar surface area (TPSA) is 54.5 Å². The average molecular weight is 368 g/mol. The van der Waals surface area contributed by atoms with Gasteiger partial charge in [0.25, 0.3) is 0 Å². The number of nitrogens with zero attached hydrogens (tertiary/aromatic N) is 1. The molecule has 1 fully saturated rings. The molecule has 0 aromatic heterocycles. The molecule has 4 nitrogen and oxygen atoms in total. The lowest BCUT2D eigenvalue weighted by Gasteiger charge is -2.33. The molecular formula is C22H41NO3. The summed E-state index contributed by atoms with van der Waals surface area (Å²) in [5.41, 5.74) is 0. The second-order valence-electron chi connectivity index (χ2n) is 7.44. The van der Waals surface area contributed by atoms with Crippen LogP contribution in [0.2, 0.25) is 0 Å². The van der Waals surface area contributed by atoms with E-state index in [-0.39, 0.29) is 29.3 Å². The fourth-order valence-electron chi connectivity index (χ4n) is 3.41. The van der Waals surface area contributed by atoms with E-state index in [0.29, 0.717) is 32.4 Å². The number of rotatable bonds is 10. The van der Waals surface area contributed by atoms with Gasteiger partial charge in [-0.2, -0.15) is 0 Å². The molecule has 1 rings (SSSR count). The van der Waals surface area contributed by atoms with E-state index < -0.39 is 0 Å². The maximum Gasteiger partial charge on any atom is 0.225 e. The van der Waals surface area contributed by atoms with E-state index in [1.165, 1.54) is 6.42 Å². The highest BCUT2D eigenvalue weighted by atomic mass is 16.2. The number of piperidine rings is 1. The van der Waals surface area contributed by atoms with Crippen molar-refractivity contribution < 1.29 is 14.4 Å². The summed E-state index contributed by atoms with van der Waals surface area (Å²) >= 11 is 0. The Labute approximate surface area is 161 Å². The Hall–Kier alpha value is -1.19. The van der Waals surface area contributed by atoms with Gasteiger partial charge in [-0.3, -0.25) is 14.4 Å². The van der Waals surface area contributed by atoms with Gasteiger partial charge >= 0.3 is 0 Å². The summed E-state index contributed by atoms with van der Waals surface area (Å²) in [6.45, 7) is 11.7. The first-order valence-corrected chi connectivity index (χ1v) is 10.8. The number of carbonyl (C=O) groups is 3. The second kappa shape index (κ2) is 14.9. The summed E-state index contributed by atoms with van der Waals surface area (Å²) in [6, 6.07) is 0. The number of amides is 1. The lowest BCUT2D eigenvalue weighted by atomic mass is 9.88. The summed E-state index contributed by atoms with van der Waals surface area (Å²) in [4.78, 5) is 38.1. The second-order valence-corrected chi connectivity index (χ2v) is 7.44. The van der Waals surface area contributed by atoms with Crippen LogP contribution in [0.1, 0.15) is 98.8 Å². The van der Waals surface area contributed by atoms with E-state index in [1.807, 2.05) is 11.8 Å².